The molecule has 5 fully saturated rings. The number of epoxide rings is 1. The van der Waals surface area contributed by atoms with Gasteiger partial charge in [0.05, 0.1) is 12.7 Å². The molecule has 5 rings (SSSR count). The van der Waals surface area contributed by atoms with Crippen molar-refractivity contribution >= 4 is 11.8 Å². The van der Waals surface area contributed by atoms with Crippen molar-refractivity contribution in [2.24, 2.45) is 46.3 Å². The van der Waals surface area contributed by atoms with Gasteiger partial charge in [-0.1, -0.05) is 20.8 Å². The van der Waals surface area contributed by atoms with Crippen molar-refractivity contribution in [2.45, 2.75) is 84.8 Å². The van der Waals surface area contributed by atoms with E-state index < -0.39 is 0 Å². The van der Waals surface area contributed by atoms with Crippen molar-refractivity contribution in [3.05, 3.63) is 0 Å². The van der Waals surface area contributed by atoms with E-state index >= 15 is 0 Å². The first-order valence-corrected chi connectivity index (χ1v) is 11.6. The maximum Gasteiger partial charge on any atom is 0.302 e. The lowest BCUT2D eigenvalue weighted by Crippen LogP contribution is -2.56. The van der Waals surface area contributed by atoms with Crippen LogP contribution >= 0.6 is 0 Å². The summed E-state index contributed by atoms with van der Waals surface area (Å²) in [5.41, 5.74) is 0.586. The lowest BCUT2D eigenvalue weighted by atomic mass is 9.44. The lowest BCUT2D eigenvalue weighted by molar-refractivity contribution is -0.144. The van der Waals surface area contributed by atoms with Crippen LogP contribution in [0.2, 0.25) is 0 Å². The van der Waals surface area contributed by atoms with Gasteiger partial charge in [-0.15, -0.1) is 0 Å². The van der Waals surface area contributed by atoms with Crippen molar-refractivity contribution in [3.8, 4) is 0 Å². The quantitative estimate of drug-likeness (QED) is 0.531. The van der Waals surface area contributed by atoms with E-state index in [9.17, 15) is 9.59 Å². The Bertz CT molecular complexity index is 688. The molecule has 1 saturated heterocycles. The average molecular weight is 389 g/mol. The van der Waals surface area contributed by atoms with Crippen LogP contribution in [-0.4, -0.2) is 30.6 Å². The van der Waals surface area contributed by atoms with Gasteiger partial charge >= 0.3 is 5.97 Å². The summed E-state index contributed by atoms with van der Waals surface area (Å²) in [4.78, 5) is 23.6. The molecule has 156 valence electrons. The Morgan fingerprint density at radius 2 is 1.96 bits per heavy atom. The van der Waals surface area contributed by atoms with Crippen LogP contribution in [0.3, 0.4) is 0 Å². The largest absolute Gasteiger partial charge is 0.466 e. The monoisotopic (exact) mass is 388 g/mol. The number of hydrogen-bond acceptors (Lipinski definition) is 4. The zero-order valence-electron chi connectivity index (χ0n) is 17.9. The van der Waals surface area contributed by atoms with E-state index in [4.69, 9.17) is 9.47 Å². The van der Waals surface area contributed by atoms with Gasteiger partial charge in [0.1, 0.15) is 6.10 Å². The number of Topliss-reactive ketones (excluding diaryl/α,β-unsaturated/α-hetero) is 1. The molecule has 0 amide bonds. The van der Waals surface area contributed by atoms with Gasteiger partial charge in [-0.3, -0.25) is 9.59 Å². The summed E-state index contributed by atoms with van der Waals surface area (Å²) >= 11 is 0. The van der Waals surface area contributed by atoms with E-state index in [0.29, 0.717) is 35.6 Å². The molecular formula is C24H36O4. The molecule has 4 nitrogen and oxygen atoms in total. The Kier molecular flexibility index (Phi) is 4.29. The minimum atomic E-state index is -0.160. The summed E-state index contributed by atoms with van der Waals surface area (Å²) in [6.07, 6.45) is 8.53. The van der Waals surface area contributed by atoms with Crippen LogP contribution in [0.4, 0.5) is 0 Å². The van der Waals surface area contributed by atoms with Crippen LogP contribution in [0.25, 0.3) is 0 Å². The standard InChI is InChI=1S/C24H36O4/c1-13(12-27-14(2)25)17-7-8-18-16-6-5-15-11-20(26)21-22(28-21)24(15,4)19(16)9-10-23(17,18)3/h13,15-19,21-22H,5-12H2,1-4H3/t13-,15+,16+,17-,18+,19+,21+,22+,23-,24+/m1/s1. The topological polar surface area (TPSA) is 55.9 Å². The number of esters is 1. The van der Waals surface area contributed by atoms with Gasteiger partial charge in [0.2, 0.25) is 0 Å². The van der Waals surface area contributed by atoms with Crippen LogP contribution in [0, 0.1) is 46.3 Å². The third-order valence-electron chi connectivity index (χ3n) is 10.1. The zero-order chi connectivity index (χ0) is 19.8. The second-order valence-electron chi connectivity index (χ2n) is 11.2. The highest BCUT2D eigenvalue weighted by molar-refractivity contribution is 5.87. The number of hydrogen-bond donors (Lipinski definition) is 0. The fraction of sp³-hybridized carbons (Fsp3) is 0.917. The van der Waals surface area contributed by atoms with E-state index in [0.717, 1.165) is 24.2 Å². The maximum atomic E-state index is 12.3. The summed E-state index contributed by atoms with van der Waals surface area (Å²) in [6.45, 7) is 9.35. The molecule has 4 heteroatoms. The molecule has 10 atom stereocenters. The number of ketones is 1. The van der Waals surface area contributed by atoms with E-state index in [1.807, 2.05) is 0 Å². The first kappa shape index (κ1) is 19.1. The normalized spacial score (nSPS) is 52.7. The predicted molar refractivity (Wildman–Crippen MR) is 105 cm³/mol. The van der Waals surface area contributed by atoms with Crippen molar-refractivity contribution < 1.29 is 19.1 Å². The molecule has 0 aromatic carbocycles. The highest BCUT2D eigenvalue weighted by atomic mass is 16.6. The van der Waals surface area contributed by atoms with Crippen molar-refractivity contribution in [1.82, 2.24) is 0 Å². The minimum Gasteiger partial charge on any atom is -0.466 e. The van der Waals surface area contributed by atoms with Crippen molar-refractivity contribution in [1.29, 1.82) is 0 Å². The SMILES string of the molecule is CC(=O)OC[C@@H](C)[C@H]1CC[C@H]2[C@@H]3CC[C@H]4CC(=O)[C@@H]5O[C@@H]5[C@]4(C)[C@H]3CC[C@]12C. The van der Waals surface area contributed by atoms with Gasteiger partial charge in [0.25, 0.3) is 0 Å². The first-order chi connectivity index (χ1) is 13.3. The number of carbonyl (C=O) groups is 2. The molecule has 1 aliphatic heterocycles. The fourth-order valence-electron chi connectivity index (χ4n) is 8.76. The zero-order valence-corrected chi connectivity index (χ0v) is 17.9. The molecule has 28 heavy (non-hydrogen) atoms. The molecule has 0 unspecified atom stereocenters. The summed E-state index contributed by atoms with van der Waals surface area (Å²) in [5.74, 6) is 4.11. The number of fused-ring (bicyclic) bond motifs is 7. The number of ether oxygens (including phenoxy) is 2. The third kappa shape index (κ3) is 2.52. The molecule has 0 radical (unpaired) electrons. The summed E-state index contributed by atoms with van der Waals surface area (Å²) in [7, 11) is 0. The van der Waals surface area contributed by atoms with Crippen LogP contribution in [0.15, 0.2) is 0 Å². The third-order valence-corrected chi connectivity index (χ3v) is 10.1. The molecule has 4 aliphatic carbocycles. The Labute approximate surface area is 169 Å². The van der Waals surface area contributed by atoms with Gasteiger partial charge in [0, 0.05) is 18.8 Å². The second kappa shape index (κ2) is 6.30. The highest BCUT2D eigenvalue weighted by Crippen LogP contribution is 2.70. The molecule has 0 bridgehead atoms. The van der Waals surface area contributed by atoms with Crippen LogP contribution in [-0.2, 0) is 19.1 Å². The lowest BCUT2D eigenvalue weighted by Gasteiger charge is -2.59. The van der Waals surface area contributed by atoms with Gasteiger partial charge in [-0.05, 0) is 79.4 Å². The van der Waals surface area contributed by atoms with Crippen LogP contribution < -0.4 is 0 Å². The van der Waals surface area contributed by atoms with E-state index in [-0.39, 0.29) is 23.6 Å². The molecule has 0 aromatic heterocycles. The van der Waals surface area contributed by atoms with Crippen molar-refractivity contribution in [3.63, 3.8) is 0 Å². The van der Waals surface area contributed by atoms with Gasteiger partial charge in [-0.2, -0.15) is 0 Å². The average Bonchev–Trinajstić information content (AvgIpc) is 3.38. The van der Waals surface area contributed by atoms with Crippen molar-refractivity contribution in [2.75, 3.05) is 6.61 Å². The molecular weight excluding hydrogens is 352 g/mol. The molecule has 1 heterocycles. The number of rotatable bonds is 3. The van der Waals surface area contributed by atoms with Gasteiger partial charge in [0.15, 0.2) is 5.78 Å². The van der Waals surface area contributed by atoms with Crippen LogP contribution in [0.5, 0.6) is 0 Å². The van der Waals surface area contributed by atoms with Crippen LogP contribution in [0.1, 0.15) is 72.6 Å². The molecule has 4 saturated carbocycles. The predicted octanol–water partition coefficient (Wildman–Crippen LogP) is 4.40. The van der Waals surface area contributed by atoms with E-state index in [1.54, 1.807) is 0 Å². The summed E-state index contributed by atoms with van der Waals surface area (Å²) in [5, 5.41) is 0. The minimum absolute atomic E-state index is 0.0756. The summed E-state index contributed by atoms with van der Waals surface area (Å²) < 4.78 is 11.3. The Hall–Kier alpha value is -0.900. The van der Waals surface area contributed by atoms with E-state index in [2.05, 4.69) is 20.8 Å². The maximum absolute atomic E-state index is 12.3. The smallest absolute Gasteiger partial charge is 0.302 e. The Balaban J connectivity index is 1.37. The number of carbonyl (C=O) groups excluding carboxylic acids is 2. The van der Waals surface area contributed by atoms with Gasteiger partial charge in [-0.25, -0.2) is 0 Å². The Morgan fingerprint density at radius 1 is 1.18 bits per heavy atom. The van der Waals surface area contributed by atoms with E-state index in [1.165, 1.54) is 45.4 Å². The Morgan fingerprint density at radius 3 is 2.71 bits per heavy atom. The highest BCUT2D eigenvalue weighted by Gasteiger charge is 2.69. The molecule has 0 spiro atoms. The second-order valence-corrected chi connectivity index (χ2v) is 11.2. The molecule has 0 N–H and O–H groups in total. The molecule has 5 aliphatic rings. The summed E-state index contributed by atoms with van der Waals surface area (Å²) in [6, 6.07) is 0. The van der Waals surface area contributed by atoms with Gasteiger partial charge < -0.3 is 9.47 Å². The molecule has 0 aromatic rings. The first-order valence-electron chi connectivity index (χ1n) is 11.6. The fourth-order valence-corrected chi connectivity index (χ4v) is 8.76.